The normalized spacial score (nSPS) is 20.5. The van der Waals surface area contributed by atoms with Gasteiger partial charge in [0.15, 0.2) is 0 Å². The highest BCUT2D eigenvalue weighted by Gasteiger charge is 2.40. The summed E-state index contributed by atoms with van der Waals surface area (Å²) in [4.78, 5) is 26.2. The fourth-order valence-corrected chi connectivity index (χ4v) is 4.38. The number of thiophene rings is 1. The average Bonchev–Trinajstić information content (AvgIpc) is 3.04. The molecule has 0 radical (unpaired) electrons. The zero-order chi connectivity index (χ0) is 14.7. The number of carbonyl (C=O) groups excluding carboxylic acids is 2. The number of rotatable bonds is 5. The topological polar surface area (TPSA) is 49.4 Å². The molecule has 0 aliphatic carbocycles. The molecule has 1 fully saturated rings. The van der Waals surface area contributed by atoms with Crippen molar-refractivity contribution in [3.63, 3.8) is 0 Å². The lowest BCUT2D eigenvalue weighted by atomic mass is 10.0. The van der Waals surface area contributed by atoms with Gasteiger partial charge in [-0.25, -0.2) is 0 Å². The van der Waals surface area contributed by atoms with Crippen LogP contribution < -0.4 is 5.32 Å². The van der Waals surface area contributed by atoms with E-state index in [1.807, 2.05) is 11.4 Å². The first-order chi connectivity index (χ1) is 9.54. The number of thioether (sulfide) groups is 1. The standard InChI is InChI=1S/C14H20N2O2S2/c1-9(2)6-11(13(18)15-3)16-12(17)8-20-14(16)10-4-5-19-7-10/h4-5,7,9,11,14H,6,8H2,1-3H3,(H,15,18)/t11-,14-/m0/s1. The van der Waals surface area contributed by atoms with Gasteiger partial charge in [0.1, 0.15) is 11.4 Å². The lowest BCUT2D eigenvalue weighted by Crippen LogP contribution is -2.48. The van der Waals surface area contributed by atoms with Gasteiger partial charge in [-0.05, 0) is 34.7 Å². The Morgan fingerprint density at radius 1 is 1.55 bits per heavy atom. The molecule has 2 amide bonds. The van der Waals surface area contributed by atoms with Gasteiger partial charge >= 0.3 is 0 Å². The second kappa shape index (κ2) is 6.63. The molecule has 4 nitrogen and oxygen atoms in total. The van der Waals surface area contributed by atoms with Crippen molar-refractivity contribution in [3.05, 3.63) is 22.4 Å². The van der Waals surface area contributed by atoms with Crippen LogP contribution in [0.5, 0.6) is 0 Å². The molecule has 0 bridgehead atoms. The van der Waals surface area contributed by atoms with Crippen LogP contribution in [0.2, 0.25) is 0 Å². The molecule has 1 saturated heterocycles. The van der Waals surface area contributed by atoms with Crippen LogP contribution in [0, 0.1) is 5.92 Å². The average molecular weight is 312 g/mol. The van der Waals surface area contributed by atoms with Crippen LogP contribution >= 0.6 is 23.1 Å². The molecule has 20 heavy (non-hydrogen) atoms. The minimum atomic E-state index is -0.382. The molecule has 1 aliphatic rings. The number of amides is 2. The molecule has 2 heterocycles. The first-order valence-corrected chi connectivity index (χ1v) is 8.70. The van der Waals surface area contributed by atoms with Gasteiger partial charge in [0.25, 0.3) is 0 Å². The van der Waals surface area contributed by atoms with Crippen LogP contribution in [-0.2, 0) is 9.59 Å². The molecule has 1 aliphatic heterocycles. The van der Waals surface area contributed by atoms with E-state index in [2.05, 4.69) is 24.5 Å². The van der Waals surface area contributed by atoms with Crippen molar-refractivity contribution in [3.8, 4) is 0 Å². The molecule has 0 saturated carbocycles. The van der Waals surface area contributed by atoms with E-state index in [0.29, 0.717) is 18.1 Å². The molecular weight excluding hydrogens is 292 g/mol. The lowest BCUT2D eigenvalue weighted by Gasteiger charge is -2.32. The smallest absolute Gasteiger partial charge is 0.242 e. The lowest BCUT2D eigenvalue weighted by molar-refractivity contribution is -0.139. The summed E-state index contributed by atoms with van der Waals surface area (Å²) in [6.45, 7) is 4.15. The molecule has 2 rings (SSSR count). The second-order valence-corrected chi connectivity index (χ2v) is 7.13. The Bertz CT molecular complexity index is 474. The van der Waals surface area contributed by atoms with Crippen molar-refractivity contribution in [2.45, 2.75) is 31.7 Å². The highest BCUT2D eigenvalue weighted by atomic mass is 32.2. The van der Waals surface area contributed by atoms with Crippen molar-refractivity contribution in [2.24, 2.45) is 5.92 Å². The van der Waals surface area contributed by atoms with Gasteiger partial charge in [0, 0.05) is 7.05 Å². The summed E-state index contributed by atoms with van der Waals surface area (Å²) in [7, 11) is 1.63. The molecular formula is C14H20N2O2S2. The number of nitrogens with zero attached hydrogens (tertiary/aromatic N) is 1. The summed E-state index contributed by atoms with van der Waals surface area (Å²) in [5.41, 5.74) is 1.11. The fraction of sp³-hybridized carbons (Fsp3) is 0.571. The number of likely N-dealkylation sites (N-methyl/N-ethyl adjacent to an activating group) is 1. The summed E-state index contributed by atoms with van der Waals surface area (Å²) < 4.78 is 0. The summed E-state index contributed by atoms with van der Waals surface area (Å²) in [5.74, 6) is 0.792. The van der Waals surface area contributed by atoms with Crippen LogP contribution in [0.4, 0.5) is 0 Å². The largest absolute Gasteiger partial charge is 0.357 e. The molecule has 1 N–H and O–H groups in total. The Kier molecular flexibility index (Phi) is 5.10. The molecule has 0 unspecified atom stereocenters. The SMILES string of the molecule is CNC(=O)[C@H](CC(C)C)N1C(=O)CS[C@H]1c1ccsc1. The zero-order valence-electron chi connectivity index (χ0n) is 12.0. The highest BCUT2D eigenvalue weighted by Crippen LogP contribution is 2.41. The number of hydrogen-bond acceptors (Lipinski definition) is 4. The Hall–Kier alpha value is -1.01. The van der Waals surface area contributed by atoms with E-state index in [0.717, 1.165) is 5.56 Å². The van der Waals surface area contributed by atoms with E-state index in [1.165, 1.54) is 0 Å². The quantitative estimate of drug-likeness (QED) is 0.909. The van der Waals surface area contributed by atoms with Crippen LogP contribution in [0.15, 0.2) is 16.8 Å². The molecule has 0 aromatic carbocycles. The molecule has 1 aromatic heterocycles. The Morgan fingerprint density at radius 3 is 2.85 bits per heavy atom. The third kappa shape index (κ3) is 3.17. The maximum Gasteiger partial charge on any atom is 0.242 e. The van der Waals surface area contributed by atoms with Crippen LogP contribution in [0.1, 0.15) is 31.2 Å². The minimum absolute atomic E-state index is 0.0326. The summed E-state index contributed by atoms with van der Waals surface area (Å²) in [5, 5.41) is 6.72. The summed E-state index contributed by atoms with van der Waals surface area (Å²) in [6.07, 6.45) is 0.687. The first kappa shape index (κ1) is 15.4. The van der Waals surface area contributed by atoms with Gasteiger partial charge in [0.2, 0.25) is 11.8 Å². The number of carbonyl (C=O) groups is 2. The fourth-order valence-electron chi connectivity index (χ4n) is 2.41. The van der Waals surface area contributed by atoms with Crippen LogP contribution in [0.25, 0.3) is 0 Å². The van der Waals surface area contributed by atoms with Gasteiger partial charge in [0.05, 0.1) is 5.75 Å². The second-order valence-electron chi connectivity index (χ2n) is 5.28. The van der Waals surface area contributed by atoms with E-state index >= 15 is 0 Å². The molecule has 1 aromatic rings. The number of hydrogen-bond donors (Lipinski definition) is 1. The predicted octanol–water partition coefficient (Wildman–Crippen LogP) is 2.48. The van der Waals surface area contributed by atoms with E-state index in [-0.39, 0.29) is 23.2 Å². The van der Waals surface area contributed by atoms with Crippen molar-refractivity contribution in [1.29, 1.82) is 0 Å². The van der Waals surface area contributed by atoms with Crippen LogP contribution in [-0.4, -0.2) is 35.6 Å². The van der Waals surface area contributed by atoms with E-state index in [1.54, 1.807) is 35.0 Å². The Balaban J connectivity index is 2.28. The maximum atomic E-state index is 12.3. The molecule has 2 atom stereocenters. The summed E-state index contributed by atoms with van der Waals surface area (Å²) in [6, 6.07) is 1.65. The van der Waals surface area contributed by atoms with Crippen molar-refractivity contribution < 1.29 is 9.59 Å². The van der Waals surface area contributed by atoms with E-state index < -0.39 is 0 Å². The van der Waals surface area contributed by atoms with Gasteiger partial charge in [-0.2, -0.15) is 11.3 Å². The Labute approximate surface area is 127 Å². The zero-order valence-corrected chi connectivity index (χ0v) is 13.6. The van der Waals surface area contributed by atoms with E-state index in [4.69, 9.17) is 0 Å². The van der Waals surface area contributed by atoms with Gasteiger partial charge in [-0.3, -0.25) is 9.59 Å². The Morgan fingerprint density at radius 2 is 2.30 bits per heavy atom. The van der Waals surface area contributed by atoms with Crippen molar-refractivity contribution >= 4 is 34.9 Å². The third-order valence-corrected chi connectivity index (χ3v) is 5.24. The highest BCUT2D eigenvalue weighted by molar-refractivity contribution is 8.00. The van der Waals surface area contributed by atoms with Gasteiger partial charge in [-0.1, -0.05) is 13.8 Å². The maximum absolute atomic E-state index is 12.3. The minimum Gasteiger partial charge on any atom is -0.357 e. The molecule has 110 valence electrons. The number of nitrogens with one attached hydrogen (secondary N) is 1. The van der Waals surface area contributed by atoms with Crippen molar-refractivity contribution in [2.75, 3.05) is 12.8 Å². The van der Waals surface area contributed by atoms with Crippen molar-refractivity contribution in [1.82, 2.24) is 10.2 Å². The van der Waals surface area contributed by atoms with Crippen LogP contribution in [0.3, 0.4) is 0 Å². The van der Waals surface area contributed by atoms with E-state index in [9.17, 15) is 9.59 Å². The first-order valence-electron chi connectivity index (χ1n) is 6.71. The monoisotopic (exact) mass is 312 g/mol. The predicted molar refractivity (Wildman–Crippen MR) is 83.7 cm³/mol. The van der Waals surface area contributed by atoms with Gasteiger partial charge < -0.3 is 10.2 Å². The molecule has 6 heteroatoms. The summed E-state index contributed by atoms with van der Waals surface area (Å²) >= 11 is 3.22. The third-order valence-electron chi connectivity index (χ3n) is 3.31. The molecule has 0 spiro atoms. The van der Waals surface area contributed by atoms with Gasteiger partial charge in [-0.15, -0.1) is 11.8 Å².